The van der Waals surface area contributed by atoms with Gasteiger partial charge in [-0.25, -0.2) is 0 Å². The minimum Gasteiger partial charge on any atom is -0.491 e. The van der Waals surface area contributed by atoms with E-state index >= 15 is 0 Å². The number of para-hydroxylation sites is 1. The summed E-state index contributed by atoms with van der Waals surface area (Å²) in [6, 6.07) is 8.62. The maximum Gasteiger partial charge on any atom is 0.317 e. The summed E-state index contributed by atoms with van der Waals surface area (Å²) in [5, 5.41) is 9.03. The molecule has 0 saturated carbocycles. The second kappa shape index (κ2) is 9.04. The molecule has 0 bridgehead atoms. The number of ether oxygens (including phenoxy) is 1. The molecule has 0 spiro atoms. The van der Waals surface area contributed by atoms with Crippen LogP contribution >= 0.6 is 0 Å². The van der Waals surface area contributed by atoms with Gasteiger partial charge in [0.1, 0.15) is 5.75 Å². The summed E-state index contributed by atoms with van der Waals surface area (Å²) in [6.45, 7) is 9.95. The molecule has 0 radical (unpaired) electrons. The number of hydrogen-bond acceptors (Lipinski definition) is 4. The van der Waals surface area contributed by atoms with Crippen LogP contribution < -0.4 is 4.74 Å². The van der Waals surface area contributed by atoms with E-state index in [0.717, 1.165) is 44.8 Å². The summed E-state index contributed by atoms with van der Waals surface area (Å²) in [5.74, 6) is 0.231. The first-order valence-electron chi connectivity index (χ1n) is 8.92. The number of carboxylic acids is 1. The lowest BCUT2D eigenvalue weighted by molar-refractivity contribution is -0.139. The Hall–Kier alpha value is -1.59. The normalized spacial score (nSPS) is 16.7. The topological polar surface area (TPSA) is 53.0 Å². The predicted molar refractivity (Wildman–Crippen MR) is 95.4 cm³/mol. The lowest BCUT2D eigenvalue weighted by Crippen LogP contribution is -2.46. The summed E-state index contributed by atoms with van der Waals surface area (Å²) >= 11 is 0. The highest BCUT2D eigenvalue weighted by Gasteiger charge is 2.25. The zero-order valence-electron chi connectivity index (χ0n) is 15.1. The number of likely N-dealkylation sites (N-methyl/N-ethyl adjacent to an activating group) is 1. The van der Waals surface area contributed by atoms with Crippen LogP contribution in [0.5, 0.6) is 5.75 Å². The summed E-state index contributed by atoms with van der Waals surface area (Å²) in [5.41, 5.74) is 1.22. The SMILES string of the molecule is CCN(CC(=O)O)C1CCN(Cc2ccccc2OC(C)C)CC1. The lowest BCUT2D eigenvalue weighted by atomic mass is 10.0. The van der Waals surface area contributed by atoms with Crippen molar-refractivity contribution in [2.75, 3.05) is 26.2 Å². The van der Waals surface area contributed by atoms with Gasteiger partial charge in [0.05, 0.1) is 12.6 Å². The standard InChI is InChI=1S/C19H30N2O3/c1-4-21(14-19(22)23)17-9-11-20(12-10-17)13-16-7-5-6-8-18(16)24-15(2)3/h5-8,15,17H,4,9-14H2,1-3H3,(H,22,23). The Bertz CT molecular complexity index is 525. The van der Waals surface area contributed by atoms with Crippen molar-refractivity contribution in [3.63, 3.8) is 0 Å². The van der Waals surface area contributed by atoms with Crippen molar-refractivity contribution >= 4 is 5.97 Å². The summed E-state index contributed by atoms with van der Waals surface area (Å²) < 4.78 is 5.91. The molecular weight excluding hydrogens is 304 g/mol. The number of carboxylic acid groups (broad SMARTS) is 1. The Kier molecular flexibility index (Phi) is 7.06. The van der Waals surface area contributed by atoms with Gasteiger partial charge in [-0.1, -0.05) is 25.1 Å². The first kappa shape index (κ1) is 18.7. The third-order valence-electron chi connectivity index (χ3n) is 4.55. The van der Waals surface area contributed by atoms with Crippen LogP contribution in [0.2, 0.25) is 0 Å². The minimum atomic E-state index is -0.737. The molecule has 2 rings (SSSR count). The van der Waals surface area contributed by atoms with Gasteiger partial charge in [-0.05, 0) is 52.4 Å². The molecule has 1 saturated heterocycles. The maximum absolute atomic E-state index is 11.0. The number of aliphatic carboxylic acids is 1. The Balaban J connectivity index is 1.90. The number of nitrogens with zero attached hydrogens (tertiary/aromatic N) is 2. The first-order valence-corrected chi connectivity index (χ1v) is 8.92. The molecule has 0 aromatic heterocycles. The maximum atomic E-state index is 11.0. The monoisotopic (exact) mass is 334 g/mol. The molecular formula is C19H30N2O3. The van der Waals surface area contributed by atoms with Crippen molar-refractivity contribution in [3.05, 3.63) is 29.8 Å². The molecule has 5 heteroatoms. The molecule has 1 heterocycles. The van der Waals surface area contributed by atoms with Crippen LogP contribution in [-0.2, 0) is 11.3 Å². The van der Waals surface area contributed by atoms with Crippen LogP contribution in [0.15, 0.2) is 24.3 Å². The van der Waals surface area contributed by atoms with Crippen molar-refractivity contribution < 1.29 is 14.6 Å². The number of piperidine rings is 1. The number of rotatable bonds is 8. The van der Waals surface area contributed by atoms with E-state index in [4.69, 9.17) is 9.84 Å². The highest BCUT2D eigenvalue weighted by molar-refractivity contribution is 5.69. The third-order valence-corrected chi connectivity index (χ3v) is 4.55. The third kappa shape index (κ3) is 5.49. The predicted octanol–water partition coefficient (Wildman–Crippen LogP) is 2.84. The molecule has 0 aliphatic carbocycles. The summed E-state index contributed by atoms with van der Waals surface area (Å²) in [7, 11) is 0. The molecule has 5 nitrogen and oxygen atoms in total. The molecule has 0 atom stereocenters. The van der Waals surface area contributed by atoms with E-state index in [0.29, 0.717) is 6.04 Å². The van der Waals surface area contributed by atoms with Crippen LogP contribution in [0.1, 0.15) is 39.2 Å². The Labute approximate surface area is 145 Å². The van der Waals surface area contributed by atoms with E-state index in [-0.39, 0.29) is 12.6 Å². The first-order chi connectivity index (χ1) is 11.5. The van der Waals surface area contributed by atoms with Gasteiger partial charge in [0.2, 0.25) is 0 Å². The minimum absolute atomic E-state index is 0.145. The van der Waals surface area contributed by atoms with E-state index in [1.807, 2.05) is 32.9 Å². The average molecular weight is 334 g/mol. The van der Waals surface area contributed by atoms with E-state index in [1.54, 1.807) is 0 Å². The van der Waals surface area contributed by atoms with Gasteiger partial charge in [0, 0.05) is 18.2 Å². The summed E-state index contributed by atoms with van der Waals surface area (Å²) in [6.07, 6.45) is 2.22. The quantitative estimate of drug-likeness (QED) is 0.792. The van der Waals surface area contributed by atoms with Crippen molar-refractivity contribution in [1.29, 1.82) is 0 Å². The zero-order valence-corrected chi connectivity index (χ0v) is 15.1. The molecule has 1 aromatic rings. The highest BCUT2D eigenvalue weighted by Crippen LogP contribution is 2.24. The fraction of sp³-hybridized carbons (Fsp3) is 0.632. The van der Waals surface area contributed by atoms with Crippen LogP contribution in [0.25, 0.3) is 0 Å². The lowest BCUT2D eigenvalue weighted by Gasteiger charge is -2.37. The van der Waals surface area contributed by atoms with Gasteiger partial charge in [0.15, 0.2) is 0 Å². The molecule has 1 fully saturated rings. The Morgan fingerprint density at radius 2 is 2.00 bits per heavy atom. The van der Waals surface area contributed by atoms with Gasteiger partial charge < -0.3 is 9.84 Å². The van der Waals surface area contributed by atoms with Gasteiger partial charge in [-0.15, -0.1) is 0 Å². The van der Waals surface area contributed by atoms with Crippen molar-refractivity contribution in [1.82, 2.24) is 9.80 Å². The largest absolute Gasteiger partial charge is 0.491 e. The Morgan fingerprint density at radius 1 is 1.33 bits per heavy atom. The Morgan fingerprint density at radius 3 is 2.58 bits per heavy atom. The molecule has 0 amide bonds. The van der Waals surface area contributed by atoms with E-state index in [9.17, 15) is 4.79 Å². The van der Waals surface area contributed by atoms with Crippen molar-refractivity contribution in [2.24, 2.45) is 0 Å². The number of carbonyl (C=O) groups is 1. The molecule has 1 N–H and O–H groups in total. The van der Waals surface area contributed by atoms with Crippen LogP contribution in [0.3, 0.4) is 0 Å². The fourth-order valence-electron chi connectivity index (χ4n) is 3.36. The number of likely N-dealkylation sites (tertiary alicyclic amines) is 1. The van der Waals surface area contributed by atoms with Crippen LogP contribution in [-0.4, -0.2) is 59.2 Å². The number of hydrogen-bond donors (Lipinski definition) is 1. The van der Waals surface area contributed by atoms with Gasteiger partial charge in [-0.2, -0.15) is 0 Å². The van der Waals surface area contributed by atoms with Crippen LogP contribution in [0.4, 0.5) is 0 Å². The molecule has 1 aliphatic heterocycles. The molecule has 1 aliphatic rings. The van der Waals surface area contributed by atoms with Gasteiger partial charge in [0.25, 0.3) is 0 Å². The molecule has 0 unspecified atom stereocenters. The van der Waals surface area contributed by atoms with Crippen LogP contribution in [0, 0.1) is 0 Å². The van der Waals surface area contributed by atoms with E-state index in [2.05, 4.69) is 21.9 Å². The zero-order chi connectivity index (χ0) is 17.5. The number of benzene rings is 1. The second-order valence-electron chi connectivity index (χ2n) is 6.74. The second-order valence-corrected chi connectivity index (χ2v) is 6.74. The molecule has 24 heavy (non-hydrogen) atoms. The fourth-order valence-corrected chi connectivity index (χ4v) is 3.36. The van der Waals surface area contributed by atoms with E-state index in [1.165, 1.54) is 5.56 Å². The van der Waals surface area contributed by atoms with Crippen molar-refractivity contribution in [2.45, 2.75) is 52.3 Å². The average Bonchev–Trinajstić information content (AvgIpc) is 2.54. The summed E-state index contributed by atoms with van der Waals surface area (Å²) in [4.78, 5) is 15.5. The van der Waals surface area contributed by atoms with Gasteiger partial charge >= 0.3 is 5.97 Å². The van der Waals surface area contributed by atoms with Crippen molar-refractivity contribution in [3.8, 4) is 5.75 Å². The van der Waals surface area contributed by atoms with Gasteiger partial charge in [-0.3, -0.25) is 14.6 Å². The highest BCUT2D eigenvalue weighted by atomic mass is 16.5. The van der Waals surface area contributed by atoms with E-state index < -0.39 is 5.97 Å². The molecule has 134 valence electrons. The smallest absolute Gasteiger partial charge is 0.317 e. The molecule has 1 aromatic carbocycles.